The lowest BCUT2D eigenvalue weighted by Gasteiger charge is -2.27. The van der Waals surface area contributed by atoms with Crippen LogP contribution in [0.2, 0.25) is 5.02 Å². The maximum Gasteiger partial charge on any atom is 0.410 e. The first-order chi connectivity index (χ1) is 10.6. The fraction of sp³-hybridized carbons (Fsp3) is 0.588. The topological polar surface area (TPSA) is 38.8 Å². The molecular weight excluding hydrogens is 321 g/mol. The third-order valence-corrected chi connectivity index (χ3v) is 4.04. The summed E-state index contributed by atoms with van der Waals surface area (Å²) >= 11 is 6.05. The van der Waals surface area contributed by atoms with Gasteiger partial charge in [-0.25, -0.2) is 9.18 Å². The van der Waals surface area contributed by atoms with Crippen LogP contribution in [0, 0.1) is 5.82 Å². The second-order valence-corrected chi connectivity index (χ2v) is 7.53. The van der Waals surface area contributed by atoms with Gasteiger partial charge >= 0.3 is 6.09 Å². The van der Waals surface area contributed by atoms with Gasteiger partial charge in [-0.2, -0.15) is 0 Å². The number of hydrogen-bond donors (Lipinski definition) is 0. The van der Waals surface area contributed by atoms with E-state index in [0.29, 0.717) is 30.1 Å². The first-order valence-corrected chi connectivity index (χ1v) is 8.02. The van der Waals surface area contributed by atoms with Gasteiger partial charge in [0.15, 0.2) is 0 Å². The summed E-state index contributed by atoms with van der Waals surface area (Å²) in [4.78, 5) is 13.7. The van der Waals surface area contributed by atoms with Crippen molar-refractivity contribution in [2.24, 2.45) is 0 Å². The minimum Gasteiger partial charge on any atom is -0.444 e. The van der Waals surface area contributed by atoms with Crippen LogP contribution in [-0.4, -0.2) is 35.3 Å². The van der Waals surface area contributed by atoms with E-state index < -0.39 is 11.2 Å². The molecule has 1 unspecified atom stereocenters. The Hall–Kier alpha value is -1.33. The van der Waals surface area contributed by atoms with Crippen LogP contribution in [0.1, 0.15) is 39.7 Å². The zero-order valence-electron chi connectivity index (χ0n) is 14.0. The van der Waals surface area contributed by atoms with E-state index in [1.54, 1.807) is 4.90 Å². The zero-order chi connectivity index (χ0) is 17.3. The monoisotopic (exact) mass is 343 g/mol. The summed E-state index contributed by atoms with van der Waals surface area (Å²) in [7, 11) is 0. The summed E-state index contributed by atoms with van der Waals surface area (Å²) in [6.45, 7) is 8.66. The molecular formula is C17H23ClFNO3. The van der Waals surface area contributed by atoms with Crippen LogP contribution in [0.5, 0.6) is 0 Å². The Kier molecular flexibility index (Phi) is 5.21. The van der Waals surface area contributed by atoms with Gasteiger partial charge in [0, 0.05) is 11.6 Å². The van der Waals surface area contributed by atoms with E-state index in [-0.39, 0.29) is 18.5 Å². The number of halogens is 2. The van der Waals surface area contributed by atoms with Crippen molar-refractivity contribution in [1.29, 1.82) is 0 Å². The summed E-state index contributed by atoms with van der Waals surface area (Å²) in [6, 6.07) is 4.19. The van der Waals surface area contributed by atoms with Crippen molar-refractivity contribution in [3.05, 3.63) is 34.6 Å². The van der Waals surface area contributed by atoms with Crippen molar-refractivity contribution in [2.75, 3.05) is 13.1 Å². The maximum absolute atomic E-state index is 13.3. The number of benzene rings is 1. The second kappa shape index (κ2) is 6.65. The molecule has 6 heteroatoms. The summed E-state index contributed by atoms with van der Waals surface area (Å²) in [5.41, 5.74) is -0.415. The molecule has 1 fully saturated rings. The van der Waals surface area contributed by atoms with E-state index in [1.165, 1.54) is 18.2 Å². The van der Waals surface area contributed by atoms with E-state index in [2.05, 4.69) is 0 Å². The molecule has 0 saturated carbocycles. The van der Waals surface area contributed by atoms with Crippen LogP contribution in [0.15, 0.2) is 18.2 Å². The van der Waals surface area contributed by atoms with Crippen molar-refractivity contribution in [1.82, 2.24) is 4.90 Å². The molecule has 1 aliphatic heterocycles. The maximum atomic E-state index is 13.3. The van der Waals surface area contributed by atoms with Gasteiger partial charge in [-0.05, 0) is 57.9 Å². The quantitative estimate of drug-likeness (QED) is 0.816. The zero-order valence-corrected chi connectivity index (χ0v) is 14.7. The number of ether oxygens (including phenoxy) is 2. The van der Waals surface area contributed by atoms with Crippen molar-refractivity contribution in [2.45, 2.75) is 51.9 Å². The molecule has 1 amide bonds. The summed E-state index contributed by atoms with van der Waals surface area (Å²) in [5, 5.41) is 0.469. The second-order valence-electron chi connectivity index (χ2n) is 7.13. The number of likely N-dealkylation sites (tertiary alicyclic amines) is 1. The van der Waals surface area contributed by atoms with E-state index in [9.17, 15) is 9.18 Å². The highest BCUT2D eigenvalue weighted by molar-refractivity contribution is 6.31. The van der Waals surface area contributed by atoms with E-state index in [0.717, 1.165) is 0 Å². The molecule has 0 aliphatic carbocycles. The molecule has 1 heterocycles. The van der Waals surface area contributed by atoms with Crippen molar-refractivity contribution < 1.29 is 18.7 Å². The molecule has 1 aliphatic rings. The average Bonchev–Trinajstić information content (AvgIpc) is 2.81. The predicted octanol–water partition coefficient (Wildman–Crippen LogP) is 4.40. The SMILES string of the molecule is CC(C)(C)OC(=O)N1CCC(C)(OCc2cc(F)ccc2Cl)C1. The Bertz CT molecular complexity index is 588. The van der Waals surface area contributed by atoms with Crippen molar-refractivity contribution >= 4 is 17.7 Å². The number of carbonyl (C=O) groups is 1. The highest BCUT2D eigenvalue weighted by Gasteiger charge is 2.38. The first kappa shape index (κ1) is 18.0. The lowest BCUT2D eigenvalue weighted by Crippen LogP contribution is -2.39. The minimum atomic E-state index is -0.522. The van der Waals surface area contributed by atoms with E-state index in [4.69, 9.17) is 21.1 Å². The van der Waals surface area contributed by atoms with E-state index >= 15 is 0 Å². The van der Waals surface area contributed by atoms with Crippen molar-refractivity contribution in [3.8, 4) is 0 Å². The normalized spacial score (nSPS) is 21.6. The molecule has 2 rings (SSSR count). The summed E-state index contributed by atoms with van der Waals surface area (Å²) in [6.07, 6.45) is 0.354. The highest BCUT2D eigenvalue weighted by Crippen LogP contribution is 2.29. The fourth-order valence-electron chi connectivity index (χ4n) is 2.44. The van der Waals surface area contributed by atoms with Gasteiger partial charge in [-0.3, -0.25) is 0 Å². The predicted molar refractivity (Wildman–Crippen MR) is 87.0 cm³/mol. The Morgan fingerprint density at radius 2 is 2.13 bits per heavy atom. The molecule has 0 spiro atoms. The van der Waals surface area contributed by atoms with Gasteiger partial charge in [0.05, 0.1) is 18.8 Å². The largest absolute Gasteiger partial charge is 0.444 e. The van der Waals surface area contributed by atoms with Crippen LogP contribution >= 0.6 is 11.6 Å². The Balaban J connectivity index is 1.94. The summed E-state index contributed by atoms with van der Waals surface area (Å²) in [5.74, 6) is -0.347. The number of rotatable bonds is 3. The van der Waals surface area contributed by atoms with Gasteiger partial charge in [0.25, 0.3) is 0 Å². The number of hydrogen-bond acceptors (Lipinski definition) is 3. The molecule has 1 saturated heterocycles. The number of amides is 1. The standard InChI is InChI=1S/C17H23ClFNO3/c1-16(2,3)23-15(21)20-8-7-17(4,11-20)22-10-12-9-13(19)5-6-14(12)18/h5-6,9H,7-8,10-11H2,1-4H3. The third-order valence-electron chi connectivity index (χ3n) is 3.67. The smallest absolute Gasteiger partial charge is 0.410 e. The highest BCUT2D eigenvalue weighted by atomic mass is 35.5. The molecule has 1 aromatic carbocycles. The molecule has 0 bridgehead atoms. The molecule has 128 valence electrons. The molecule has 0 aromatic heterocycles. The Morgan fingerprint density at radius 1 is 1.43 bits per heavy atom. The van der Waals surface area contributed by atoms with Gasteiger partial charge in [0.2, 0.25) is 0 Å². The summed E-state index contributed by atoms with van der Waals surface area (Å²) < 4.78 is 24.6. The molecule has 23 heavy (non-hydrogen) atoms. The third kappa shape index (κ3) is 5.08. The van der Waals surface area contributed by atoms with Crippen LogP contribution in [0.25, 0.3) is 0 Å². The number of nitrogens with zero attached hydrogens (tertiary/aromatic N) is 1. The van der Waals surface area contributed by atoms with Gasteiger partial charge in [-0.15, -0.1) is 0 Å². The molecule has 4 nitrogen and oxygen atoms in total. The van der Waals surface area contributed by atoms with Gasteiger partial charge in [-0.1, -0.05) is 11.6 Å². The molecule has 0 radical (unpaired) electrons. The number of carbonyl (C=O) groups excluding carboxylic acids is 1. The Labute approximate surface area is 141 Å². The first-order valence-electron chi connectivity index (χ1n) is 7.64. The van der Waals surface area contributed by atoms with Gasteiger partial charge in [0.1, 0.15) is 11.4 Å². The lowest BCUT2D eigenvalue weighted by atomic mass is 10.1. The molecule has 1 atom stereocenters. The van der Waals surface area contributed by atoms with Crippen LogP contribution in [0.3, 0.4) is 0 Å². The Morgan fingerprint density at radius 3 is 2.78 bits per heavy atom. The van der Waals surface area contributed by atoms with Crippen LogP contribution in [-0.2, 0) is 16.1 Å². The molecule has 1 aromatic rings. The van der Waals surface area contributed by atoms with Crippen LogP contribution in [0.4, 0.5) is 9.18 Å². The molecule has 0 N–H and O–H groups in total. The van der Waals surface area contributed by atoms with Crippen LogP contribution < -0.4 is 0 Å². The van der Waals surface area contributed by atoms with Crippen molar-refractivity contribution in [3.63, 3.8) is 0 Å². The average molecular weight is 344 g/mol. The van der Waals surface area contributed by atoms with E-state index in [1.807, 2.05) is 27.7 Å². The lowest BCUT2D eigenvalue weighted by molar-refractivity contribution is -0.0374. The fourth-order valence-corrected chi connectivity index (χ4v) is 2.61. The minimum absolute atomic E-state index is 0.204. The van der Waals surface area contributed by atoms with Gasteiger partial charge < -0.3 is 14.4 Å².